The van der Waals surface area contributed by atoms with Gasteiger partial charge in [-0.25, -0.2) is 4.79 Å². The molecule has 4 nitrogen and oxygen atoms in total. The van der Waals surface area contributed by atoms with Crippen LogP contribution in [0.2, 0.25) is 10.0 Å². The molecule has 0 aliphatic rings. The molecular formula is C17H12Cl2F3NO3. The summed E-state index contributed by atoms with van der Waals surface area (Å²) >= 11 is 11.9. The molecule has 0 aliphatic heterocycles. The summed E-state index contributed by atoms with van der Waals surface area (Å²) in [6, 6.07) is 7.04. The summed E-state index contributed by atoms with van der Waals surface area (Å²) in [5.41, 5.74) is -0.556. The minimum Gasteiger partial charge on any atom is -0.465 e. The third kappa shape index (κ3) is 4.68. The average molecular weight is 406 g/mol. The van der Waals surface area contributed by atoms with Gasteiger partial charge in [0, 0.05) is 12.1 Å². The molecule has 0 aliphatic carbocycles. The first-order chi connectivity index (χ1) is 12.1. The Bertz CT molecular complexity index is 830. The number of ether oxygens (including phenoxy) is 1. The van der Waals surface area contributed by atoms with Gasteiger partial charge in [0.15, 0.2) is 0 Å². The molecule has 138 valence electrons. The maximum atomic E-state index is 12.7. The van der Waals surface area contributed by atoms with Crippen LogP contribution >= 0.6 is 23.2 Å². The number of nitrogens with one attached hydrogen (secondary N) is 1. The number of methoxy groups -OCH3 is 1. The van der Waals surface area contributed by atoms with Crippen molar-refractivity contribution in [3.05, 3.63) is 68.7 Å². The normalized spacial score (nSPS) is 11.2. The fourth-order valence-corrected chi connectivity index (χ4v) is 2.78. The van der Waals surface area contributed by atoms with Crippen LogP contribution < -0.4 is 5.32 Å². The lowest BCUT2D eigenvalue weighted by Crippen LogP contribution is -2.23. The Morgan fingerprint density at radius 1 is 1.12 bits per heavy atom. The summed E-state index contributed by atoms with van der Waals surface area (Å²) in [5, 5.41) is 2.32. The number of rotatable bonds is 4. The van der Waals surface area contributed by atoms with Crippen molar-refractivity contribution in [3.63, 3.8) is 0 Å². The maximum Gasteiger partial charge on any atom is 0.416 e. The standard InChI is InChI=1S/C17H12Cl2F3NO3/c1-26-16(25)14-12(18)6-10(7-13(14)19)15(24)23-8-9-3-2-4-11(5-9)17(20,21)22/h2-7H,8H2,1H3,(H,23,24). The third-order valence-electron chi connectivity index (χ3n) is 3.40. The maximum absolute atomic E-state index is 12.7. The van der Waals surface area contributed by atoms with E-state index >= 15 is 0 Å². The lowest BCUT2D eigenvalue weighted by Gasteiger charge is -2.11. The molecule has 0 heterocycles. The van der Waals surface area contributed by atoms with Crippen molar-refractivity contribution in [1.82, 2.24) is 5.32 Å². The van der Waals surface area contributed by atoms with E-state index in [1.165, 1.54) is 24.3 Å². The SMILES string of the molecule is COC(=O)c1c(Cl)cc(C(=O)NCc2cccc(C(F)(F)F)c2)cc1Cl. The zero-order valence-corrected chi connectivity index (χ0v) is 14.8. The Morgan fingerprint density at radius 3 is 2.27 bits per heavy atom. The highest BCUT2D eigenvalue weighted by Crippen LogP contribution is 2.30. The quantitative estimate of drug-likeness (QED) is 0.748. The Morgan fingerprint density at radius 2 is 1.73 bits per heavy atom. The van der Waals surface area contributed by atoms with E-state index in [2.05, 4.69) is 10.1 Å². The van der Waals surface area contributed by atoms with Gasteiger partial charge in [-0.15, -0.1) is 0 Å². The Kier molecular flexibility index (Phi) is 6.15. The van der Waals surface area contributed by atoms with Crippen molar-refractivity contribution >= 4 is 35.1 Å². The van der Waals surface area contributed by atoms with Crippen LogP contribution in [0.3, 0.4) is 0 Å². The van der Waals surface area contributed by atoms with Crippen LogP contribution in [0.15, 0.2) is 36.4 Å². The van der Waals surface area contributed by atoms with Crippen molar-refractivity contribution in [2.45, 2.75) is 12.7 Å². The largest absolute Gasteiger partial charge is 0.465 e. The highest BCUT2D eigenvalue weighted by atomic mass is 35.5. The van der Waals surface area contributed by atoms with Gasteiger partial charge in [-0.3, -0.25) is 4.79 Å². The van der Waals surface area contributed by atoms with Gasteiger partial charge in [-0.1, -0.05) is 35.3 Å². The smallest absolute Gasteiger partial charge is 0.416 e. The molecule has 0 saturated carbocycles. The first-order valence-electron chi connectivity index (χ1n) is 7.15. The van der Waals surface area contributed by atoms with Crippen LogP contribution in [0.5, 0.6) is 0 Å². The lowest BCUT2D eigenvalue weighted by molar-refractivity contribution is -0.137. The molecular weight excluding hydrogens is 394 g/mol. The van der Waals surface area contributed by atoms with Crippen molar-refractivity contribution in [3.8, 4) is 0 Å². The topological polar surface area (TPSA) is 55.4 Å². The van der Waals surface area contributed by atoms with Gasteiger partial charge < -0.3 is 10.1 Å². The number of hydrogen-bond donors (Lipinski definition) is 1. The fourth-order valence-electron chi connectivity index (χ4n) is 2.14. The molecule has 2 aromatic rings. The molecule has 0 unspecified atom stereocenters. The van der Waals surface area contributed by atoms with Crippen LogP contribution in [0, 0.1) is 0 Å². The Labute approximate surface area is 156 Å². The van der Waals surface area contributed by atoms with E-state index in [0.29, 0.717) is 0 Å². The van der Waals surface area contributed by atoms with Gasteiger partial charge in [-0.2, -0.15) is 13.2 Å². The van der Waals surface area contributed by atoms with Crippen LogP contribution in [0.25, 0.3) is 0 Å². The summed E-state index contributed by atoms with van der Waals surface area (Å²) in [6.45, 7) is -0.128. The lowest BCUT2D eigenvalue weighted by atomic mass is 10.1. The van der Waals surface area contributed by atoms with Crippen LogP contribution in [-0.4, -0.2) is 19.0 Å². The molecule has 0 saturated heterocycles. The minimum atomic E-state index is -4.47. The van der Waals surface area contributed by atoms with Gasteiger partial charge in [0.25, 0.3) is 5.91 Å². The van der Waals surface area contributed by atoms with Gasteiger partial charge in [0.05, 0.1) is 28.3 Å². The number of amides is 1. The first-order valence-corrected chi connectivity index (χ1v) is 7.90. The third-order valence-corrected chi connectivity index (χ3v) is 4.00. The van der Waals surface area contributed by atoms with Gasteiger partial charge >= 0.3 is 12.1 Å². The van der Waals surface area contributed by atoms with Gasteiger partial charge in [0.2, 0.25) is 0 Å². The zero-order valence-electron chi connectivity index (χ0n) is 13.3. The predicted octanol–water partition coefficient (Wildman–Crippen LogP) is 4.73. The summed E-state index contributed by atoms with van der Waals surface area (Å²) < 4.78 is 42.6. The van der Waals surface area contributed by atoms with Crippen LogP contribution in [-0.2, 0) is 17.5 Å². The Hall–Kier alpha value is -2.25. The highest BCUT2D eigenvalue weighted by Gasteiger charge is 2.30. The molecule has 0 spiro atoms. The summed E-state index contributed by atoms with van der Waals surface area (Å²) in [6.07, 6.45) is -4.47. The average Bonchev–Trinajstić information content (AvgIpc) is 2.58. The molecule has 0 aromatic heterocycles. The van der Waals surface area contributed by atoms with E-state index in [1.807, 2.05) is 0 Å². The second kappa shape index (κ2) is 7.97. The highest BCUT2D eigenvalue weighted by molar-refractivity contribution is 6.39. The first kappa shape index (κ1) is 20.1. The fraction of sp³-hybridized carbons (Fsp3) is 0.176. The number of alkyl halides is 3. The van der Waals surface area contributed by atoms with Gasteiger partial charge in [0.1, 0.15) is 0 Å². The van der Waals surface area contributed by atoms with E-state index in [-0.39, 0.29) is 33.3 Å². The van der Waals surface area contributed by atoms with E-state index < -0.39 is 23.6 Å². The second-order valence-electron chi connectivity index (χ2n) is 5.19. The van der Waals surface area contributed by atoms with E-state index in [9.17, 15) is 22.8 Å². The molecule has 0 fully saturated rings. The van der Waals surface area contributed by atoms with E-state index in [1.54, 1.807) is 0 Å². The minimum absolute atomic E-state index is 0.0552. The van der Waals surface area contributed by atoms with Crippen molar-refractivity contribution in [1.29, 1.82) is 0 Å². The predicted molar refractivity (Wildman–Crippen MR) is 90.4 cm³/mol. The molecule has 1 N–H and O–H groups in total. The molecule has 0 bridgehead atoms. The molecule has 1 amide bonds. The summed E-state index contributed by atoms with van der Waals surface area (Å²) in [4.78, 5) is 23.8. The van der Waals surface area contributed by atoms with E-state index in [0.717, 1.165) is 19.2 Å². The molecule has 9 heteroatoms. The molecule has 26 heavy (non-hydrogen) atoms. The zero-order chi connectivity index (χ0) is 19.5. The molecule has 0 radical (unpaired) electrons. The van der Waals surface area contributed by atoms with Crippen LogP contribution in [0.4, 0.5) is 13.2 Å². The van der Waals surface area contributed by atoms with E-state index in [4.69, 9.17) is 23.2 Å². The monoisotopic (exact) mass is 405 g/mol. The number of hydrogen-bond acceptors (Lipinski definition) is 3. The second-order valence-corrected chi connectivity index (χ2v) is 6.00. The molecule has 2 aromatic carbocycles. The number of benzene rings is 2. The number of carbonyl (C=O) groups is 2. The molecule has 0 atom stereocenters. The van der Waals surface area contributed by atoms with Crippen molar-refractivity contribution in [2.24, 2.45) is 0 Å². The number of esters is 1. The van der Waals surface area contributed by atoms with Crippen molar-refractivity contribution < 1.29 is 27.5 Å². The number of halogens is 5. The van der Waals surface area contributed by atoms with Crippen molar-refractivity contribution in [2.75, 3.05) is 7.11 Å². The number of carbonyl (C=O) groups excluding carboxylic acids is 2. The van der Waals surface area contributed by atoms with Crippen LogP contribution in [0.1, 0.15) is 31.8 Å². The summed E-state index contributed by atoms with van der Waals surface area (Å²) in [7, 11) is 1.16. The van der Waals surface area contributed by atoms with Gasteiger partial charge in [-0.05, 0) is 29.8 Å². The molecule has 2 rings (SSSR count). The Balaban J connectivity index is 2.15. The summed E-state index contributed by atoms with van der Waals surface area (Å²) in [5.74, 6) is -1.36.